The van der Waals surface area contributed by atoms with E-state index in [0.717, 1.165) is 12.8 Å². The van der Waals surface area contributed by atoms with E-state index in [-0.39, 0.29) is 37.5 Å². The molecule has 0 aromatic heterocycles. The van der Waals surface area contributed by atoms with Crippen molar-refractivity contribution >= 4 is 11.9 Å². The minimum Gasteiger partial charge on any atom is -0.493 e. The standard InChI is InChI=1S/C24H29F4NO4/c1-23(8-6-15(7-9-23)24(26,27)28)13-33-20-12-18(25)17(11-16(20)14-4-5-14)21(30)29-10-2-3-19(29)22(31)32/h11-12,14-15,19H,2-10,13H2,1H3,(H,31,32)/t15?,19-,23?/m0/s1. The first-order valence-electron chi connectivity index (χ1n) is 11.6. The molecule has 1 heterocycles. The average Bonchev–Trinajstić information content (AvgIpc) is 3.46. The molecule has 1 aromatic rings. The Kier molecular flexibility index (Phi) is 6.35. The van der Waals surface area contributed by atoms with E-state index in [4.69, 9.17) is 4.74 Å². The zero-order valence-electron chi connectivity index (χ0n) is 18.6. The molecule has 1 aliphatic heterocycles. The SMILES string of the molecule is CC1(COc2cc(F)c(C(=O)N3CCC[C@H]3C(=O)O)cc2C2CC2)CCC(C(F)(F)F)CC1. The van der Waals surface area contributed by atoms with Gasteiger partial charge in [-0.3, -0.25) is 4.79 Å². The number of carboxylic acid groups (broad SMARTS) is 1. The molecule has 3 fully saturated rings. The number of hydrogen-bond donors (Lipinski definition) is 1. The Bertz CT molecular complexity index is 920. The number of amides is 1. The number of aliphatic carboxylic acids is 1. The van der Waals surface area contributed by atoms with Gasteiger partial charge < -0.3 is 14.7 Å². The highest BCUT2D eigenvalue weighted by Gasteiger charge is 2.45. The summed E-state index contributed by atoms with van der Waals surface area (Å²) in [4.78, 5) is 25.6. The van der Waals surface area contributed by atoms with Crippen LogP contribution in [0.1, 0.15) is 80.1 Å². The van der Waals surface area contributed by atoms with Crippen molar-refractivity contribution in [1.82, 2.24) is 4.90 Å². The molecule has 4 rings (SSSR count). The first kappa shape index (κ1) is 23.8. The Morgan fingerprint density at radius 3 is 2.39 bits per heavy atom. The van der Waals surface area contributed by atoms with Crippen LogP contribution < -0.4 is 4.74 Å². The van der Waals surface area contributed by atoms with Gasteiger partial charge in [-0.15, -0.1) is 0 Å². The van der Waals surface area contributed by atoms with Crippen LogP contribution in [0.15, 0.2) is 12.1 Å². The summed E-state index contributed by atoms with van der Waals surface area (Å²) in [5.41, 5.74) is 0.116. The smallest absolute Gasteiger partial charge is 0.391 e. The fourth-order valence-electron chi connectivity index (χ4n) is 5.03. The molecule has 0 bridgehead atoms. The number of halogens is 4. The minimum atomic E-state index is -4.18. The van der Waals surface area contributed by atoms with Gasteiger partial charge in [0.1, 0.15) is 17.6 Å². The van der Waals surface area contributed by atoms with E-state index in [2.05, 4.69) is 0 Å². The molecule has 1 atom stereocenters. The van der Waals surface area contributed by atoms with E-state index >= 15 is 0 Å². The molecule has 2 saturated carbocycles. The van der Waals surface area contributed by atoms with Crippen molar-refractivity contribution in [2.45, 2.75) is 76.4 Å². The number of ether oxygens (including phenoxy) is 1. The molecule has 0 spiro atoms. The molecule has 0 unspecified atom stereocenters. The maximum atomic E-state index is 15.0. The lowest BCUT2D eigenvalue weighted by Gasteiger charge is -2.37. The average molecular weight is 471 g/mol. The largest absolute Gasteiger partial charge is 0.493 e. The van der Waals surface area contributed by atoms with Crippen LogP contribution in [-0.4, -0.2) is 47.3 Å². The van der Waals surface area contributed by atoms with Crippen LogP contribution in [0.25, 0.3) is 0 Å². The Morgan fingerprint density at radius 2 is 1.82 bits per heavy atom. The summed E-state index contributed by atoms with van der Waals surface area (Å²) in [6, 6.07) is 1.70. The maximum absolute atomic E-state index is 15.0. The van der Waals surface area contributed by atoms with Crippen LogP contribution >= 0.6 is 0 Å². The van der Waals surface area contributed by atoms with Gasteiger partial charge in [-0.2, -0.15) is 13.2 Å². The number of carbonyl (C=O) groups excluding carboxylic acids is 1. The second-order valence-corrected chi connectivity index (χ2v) is 10.1. The molecule has 1 amide bonds. The molecule has 5 nitrogen and oxygen atoms in total. The van der Waals surface area contributed by atoms with Crippen molar-refractivity contribution in [3.8, 4) is 5.75 Å². The summed E-state index contributed by atoms with van der Waals surface area (Å²) in [5.74, 6) is -3.34. The molecule has 1 N–H and O–H groups in total. The summed E-state index contributed by atoms with van der Waals surface area (Å²) in [7, 11) is 0. The van der Waals surface area contributed by atoms with Crippen molar-refractivity contribution in [1.29, 1.82) is 0 Å². The summed E-state index contributed by atoms with van der Waals surface area (Å²) >= 11 is 0. The highest BCUT2D eigenvalue weighted by molar-refractivity contribution is 5.97. The summed E-state index contributed by atoms with van der Waals surface area (Å²) in [5, 5.41) is 9.35. The van der Waals surface area contributed by atoms with E-state index in [1.54, 1.807) is 0 Å². The molecule has 9 heteroatoms. The van der Waals surface area contributed by atoms with Gasteiger partial charge in [0, 0.05) is 18.0 Å². The number of carbonyl (C=O) groups is 2. The van der Waals surface area contributed by atoms with Gasteiger partial charge in [-0.1, -0.05) is 6.92 Å². The minimum absolute atomic E-state index is 0.0568. The van der Waals surface area contributed by atoms with E-state index in [1.807, 2.05) is 6.92 Å². The molecule has 182 valence electrons. The maximum Gasteiger partial charge on any atom is 0.391 e. The second kappa shape index (κ2) is 8.80. The third-order valence-corrected chi connectivity index (χ3v) is 7.38. The number of nitrogens with zero attached hydrogens (tertiary/aromatic N) is 1. The number of benzene rings is 1. The molecule has 2 aliphatic carbocycles. The molecule has 33 heavy (non-hydrogen) atoms. The molecule has 0 radical (unpaired) electrons. The Balaban J connectivity index is 1.49. The van der Waals surface area contributed by atoms with E-state index in [9.17, 15) is 32.3 Å². The summed E-state index contributed by atoms with van der Waals surface area (Å²) in [6.07, 6.45) is -0.670. The molecule has 1 saturated heterocycles. The van der Waals surface area contributed by atoms with Crippen molar-refractivity contribution in [2.75, 3.05) is 13.2 Å². The highest BCUT2D eigenvalue weighted by Crippen LogP contribution is 2.48. The molecule has 3 aliphatic rings. The van der Waals surface area contributed by atoms with Gasteiger partial charge in [-0.05, 0) is 68.9 Å². The molecule has 1 aromatic carbocycles. The lowest BCUT2D eigenvalue weighted by molar-refractivity contribution is -0.187. The Hall–Kier alpha value is -2.32. The first-order valence-corrected chi connectivity index (χ1v) is 11.6. The van der Waals surface area contributed by atoms with Gasteiger partial charge in [0.05, 0.1) is 18.1 Å². The monoisotopic (exact) mass is 471 g/mol. The van der Waals surface area contributed by atoms with E-state index in [1.165, 1.54) is 17.0 Å². The number of likely N-dealkylation sites (tertiary alicyclic amines) is 1. The van der Waals surface area contributed by atoms with Crippen LogP contribution in [0.5, 0.6) is 5.75 Å². The fraction of sp³-hybridized carbons (Fsp3) is 0.667. The van der Waals surface area contributed by atoms with E-state index in [0.29, 0.717) is 37.0 Å². The zero-order chi connectivity index (χ0) is 24.0. The van der Waals surface area contributed by atoms with E-state index < -0.39 is 41.2 Å². The van der Waals surface area contributed by atoms with Crippen molar-refractivity contribution in [2.24, 2.45) is 11.3 Å². The van der Waals surface area contributed by atoms with Crippen molar-refractivity contribution in [3.63, 3.8) is 0 Å². The van der Waals surface area contributed by atoms with Crippen molar-refractivity contribution in [3.05, 3.63) is 29.1 Å². The van der Waals surface area contributed by atoms with Crippen molar-refractivity contribution < 1.29 is 37.0 Å². The first-order chi connectivity index (χ1) is 15.5. The Morgan fingerprint density at radius 1 is 1.15 bits per heavy atom. The predicted octanol–water partition coefficient (Wildman–Crippen LogP) is 5.53. The quantitative estimate of drug-likeness (QED) is 0.554. The highest BCUT2D eigenvalue weighted by atomic mass is 19.4. The lowest BCUT2D eigenvalue weighted by atomic mass is 9.72. The second-order valence-electron chi connectivity index (χ2n) is 10.1. The zero-order valence-corrected chi connectivity index (χ0v) is 18.6. The van der Waals surface area contributed by atoms with Crippen LogP contribution in [0.4, 0.5) is 17.6 Å². The molecular weight excluding hydrogens is 442 g/mol. The Labute approximate surface area is 190 Å². The van der Waals surface area contributed by atoms with Gasteiger partial charge in [0.25, 0.3) is 5.91 Å². The van der Waals surface area contributed by atoms with Gasteiger partial charge in [0.2, 0.25) is 0 Å². The number of carboxylic acids is 1. The van der Waals surface area contributed by atoms with Crippen LogP contribution in [-0.2, 0) is 4.79 Å². The third kappa shape index (κ3) is 5.11. The number of alkyl halides is 3. The predicted molar refractivity (Wildman–Crippen MR) is 112 cm³/mol. The van der Waals surface area contributed by atoms with Crippen LogP contribution in [0.3, 0.4) is 0 Å². The third-order valence-electron chi connectivity index (χ3n) is 7.38. The van der Waals surface area contributed by atoms with Crippen LogP contribution in [0.2, 0.25) is 0 Å². The normalized spacial score (nSPS) is 28.1. The fourth-order valence-corrected chi connectivity index (χ4v) is 5.03. The summed E-state index contributed by atoms with van der Waals surface area (Å²) in [6.45, 7) is 2.34. The lowest BCUT2D eigenvalue weighted by Crippen LogP contribution is -2.40. The molecular formula is C24H29F4NO4. The van der Waals surface area contributed by atoms with Gasteiger partial charge >= 0.3 is 12.1 Å². The number of rotatable bonds is 6. The van der Waals surface area contributed by atoms with Gasteiger partial charge in [-0.25, -0.2) is 9.18 Å². The number of hydrogen-bond acceptors (Lipinski definition) is 3. The van der Waals surface area contributed by atoms with Gasteiger partial charge in [0.15, 0.2) is 0 Å². The summed E-state index contributed by atoms with van der Waals surface area (Å²) < 4.78 is 59.9. The topological polar surface area (TPSA) is 66.8 Å². The van der Waals surface area contributed by atoms with Crippen LogP contribution in [0, 0.1) is 17.2 Å².